The zero-order valence-corrected chi connectivity index (χ0v) is 11.1. The molecule has 1 aliphatic heterocycles. The van der Waals surface area contributed by atoms with Gasteiger partial charge in [0.25, 0.3) is 0 Å². The summed E-state index contributed by atoms with van der Waals surface area (Å²) in [5.41, 5.74) is 5.66. The fraction of sp³-hybridized carbons (Fsp3) is 0.600. The van der Waals surface area contributed by atoms with E-state index in [0.29, 0.717) is 6.10 Å². The fourth-order valence-electron chi connectivity index (χ4n) is 2.33. The zero-order valence-electron chi connectivity index (χ0n) is 11.1. The van der Waals surface area contributed by atoms with Crippen LogP contribution in [0.25, 0.3) is 0 Å². The molecule has 1 fully saturated rings. The minimum atomic E-state index is 0.387. The molecule has 1 saturated heterocycles. The lowest BCUT2D eigenvalue weighted by Gasteiger charge is -2.11. The Labute approximate surface area is 104 Å². The fourth-order valence-corrected chi connectivity index (χ4v) is 2.33. The van der Waals surface area contributed by atoms with Gasteiger partial charge >= 0.3 is 0 Å². The van der Waals surface area contributed by atoms with Gasteiger partial charge in [0.05, 0.1) is 13.2 Å². The zero-order chi connectivity index (χ0) is 12.3. The van der Waals surface area contributed by atoms with Gasteiger partial charge < -0.3 is 9.47 Å². The van der Waals surface area contributed by atoms with E-state index in [-0.39, 0.29) is 0 Å². The number of epoxide rings is 1. The second-order valence-electron chi connectivity index (χ2n) is 5.01. The molecule has 2 heteroatoms. The molecule has 2 rings (SSSR count). The van der Waals surface area contributed by atoms with E-state index in [1.807, 2.05) is 0 Å². The van der Waals surface area contributed by atoms with E-state index in [1.54, 1.807) is 0 Å². The highest BCUT2D eigenvalue weighted by molar-refractivity contribution is 5.37. The Hall–Kier alpha value is -0.860. The summed E-state index contributed by atoms with van der Waals surface area (Å²) in [5, 5.41) is 0. The van der Waals surface area contributed by atoms with Gasteiger partial charge in [-0.05, 0) is 50.3 Å². The van der Waals surface area contributed by atoms with Crippen LogP contribution in [0.5, 0.6) is 0 Å². The molecule has 0 aromatic heterocycles. The van der Waals surface area contributed by atoms with Crippen molar-refractivity contribution in [3.63, 3.8) is 0 Å². The first-order chi connectivity index (χ1) is 8.16. The molecule has 1 aliphatic rings. The van der Waals surface area contributed by atoms with Gasteiger partial charge in [0.2, 0.25) is 0 Å². The van der Waals surface area contributed by atoms with Crippen LogP contribution in [0, 0.1) is 20.8 Å². The molecule has 1 atom stereocenters. The van der Waals surface area contributed by atoms with Crippen molar-refractivity contribution in [1.29, 1.82) is 0 Å². The molecule has 1 heterocycles. The summed E-state index contributed by atoms with van der Waals surface area (Å²) in [7, 11) is 0. The molecule has 1 aromatic carbocycles. The summed E-state index contributed by atoms with van der Waals surface area (Å²) in [4.78, 5) is 0. The van der Waals surface area contributed by atoms with Gasteiger partial charge in [-0.25, -0.2) is 0 Å². The largest absolute Gasteiger partial charge is 0.379 e. The van der Waals surface area contributed by atoms with Crippen molar-refractivity contribution in [2.75, 3.05) is 19.8 Å². The van der Waals surface area contributed by atoms with Crippen LogP contribution in [0.15, 0.2) is 12.1 Å². The second kappa shape index (κ2) is 5.65. The third-order valence-corrected chi connectivity index (χ3v) is 3.26. The first kappa shape index (κ1) is 12.6. The molecule has 0 amide bonds. The molecule has 17 heavy (non-hydrogen) atoms. The normalized spacial score (nSPS) is 18.4. The number of hydrogen-bond donors (Lipinski definition) is 0. The molecular weight excluding hydrogens is 212 g/mol. The van der Waals surface area contributed by atoms with Crippen molar-refractivity contribution in [3.8, 4) is 0 Å². The molecule has 2 nitrogen and oxygen atoms in total. The Bertz CT molecular complexity index is 358. The summed E-state index contributed by atoms with van der Waals surface area (Å²) < 4.78 is 10.7. The van der Waals surface area contributed by atoms with E-state index in [4.69, 9.17) is 9.47 Å². The highest BCUT2D eigenvalue weighted by Crippen LogP contribution is 2.18. The molecular formula is C15H22O2. The van der Waals surface area contributed by atoms with Crippen molar-refractivity contribution in [1.82, 2.24) is 0 Å². The van der Waals surface area contributed by atoms with Gasteiger partial charge in [-0.3, -0.25) is 0 Å². The smallest absolute Gasteiger partial charge is 0.104 e. The van der Waals surface area contributed by atoms with E-state index >= 15 is 0 Å². The van der Waals surface area contributed by atoms with Crippen LogP contribution in [0.3, 0.4) is 0 Å². The lowest BCUT2D eigenvalue weighted by molar-refractivity contribution is 0.114. The van der Waals surface area contributed by atoms with Gasteiger partial charge in [0, 0.05) is 6.61 Å². The van der Waals surface area contributed by atoms with Gasteiger partial charge in [-0.1, -0.05) is 17.7 Å². The monoisotopic (exact) mass is 234 g/mol. The first-order valence-corrected chi connectivity index (χ1v) is 6.43. The molecule has 0 bridgehead atoms. The predicted molar refractivity (Wildman–Crippen MR) is 69.5 cm³/mol. The van der Waals surface area contributed by atoms with Gasteiger partial charge in [0.15, 0.2) is 0 Å². The van der Waals surface area contributed by atoms with Gasteiger partial charge in [0.1, 0.15) is 6.10 Å². The molecule has 0 saturated carbocycles. The van der Waals surface area contributed by atoms with Crippen LogP contribution in [-0.4, -0.2) is 25.9 Å². The standard InChI is InChI=1S/C15H22O2/c1-11-7-12(2)15(13(3)8-11)5-4-6-16-9-14-10-17-14/h7-8,14H,4-6,9-10H2,1-3H3. The SMILES string of the molecule is Cc1cc(C)c(CCCOCC2CO2)c(C)c1. The highest BCUT2D eigenvalue weighted by Gasteiger charge is 2.21. The van der Waals surface area contributed by atoms with Crippen LogP contribution in [0.2, 0.25) is 0 Å². The lowest BCUT2D eigenvalue weighted by atomic mass is 9.96. The topological polar surface area (TPSA) is 21.8 Å². The van der Waals surface area contributed by atoms with Gasteiger partial charge in [-0.15, -0.1) is 0 Å². The summed E-state index contributed by atoms with van der Waals surface area (Å²) in [5.74, 6) is 0. The summed E-state index contributed by atoms with van der Waals surface area (Å²) in [6.45, 7) is 9.06. The minimum absolute atomic E-state index is 0.387. The summed E-state index contributed by atoms with van der Waals surface area (Å²) in [6, 6.07) is 4.53. The lowest BCUT2D eigenvalue weighted by Crippen LogP contribution is -2.04. The van der Waals surface area contributed by atoms with Crippen molar-refractivity contribution < 1.29 is 9.47 Å². The average Bonchev–Trinajstić information content (AvgIpc) is 3.04. The van der Waals surface area contributed by atoms with Crippen LogP contribution in [0.4, 0.5) is 0 Å². The molecule has 0 N–H and O–H groups in total. The van der Waals surface area contributed by atoms with Crippen molar-refractivity contribution in [2.24, 2.45) is 0 Å². The van der Waals surface area contributed by atoms with Crippen molar-refractivity contribution in [2.45, 2.75) is 39.7 Å². The number of aryl methyl sites for hydroxylation is 3. The molecule has 1 unspecified atom stereocenters. The minimum Gasteiger partial charge on any atom is -0.379 e. The quantitative estimate of drug-likeness (QED) is 0.557. The second-order valence-corrected chi connectivity index (χ2v) is 5.01. The predicted octanol–water partition coefficient (Wildman–Crippen LogP) is 2.96. The van der Waals surface area contributed by atoms with Crippen LogP contribution >= 0.6 is 0 Å². The Kier molecular flexibility index (Phi) is 4.19. The van der Waals surface area contributed by atoms with E-state index in [0.717, 1.165) is 32.7 Å². The maximum Gasteiger partial charge on any atom is 0.104 e. The first-order valence-electron chi connectivity index (χ1n) is 6.43. The maximum atomic E-state index is 5.56. The average molecular weight is 234 g/mol. The van der Waals surface area contributed by atoms with Crippen molar-refractivity contribution >= 4 is 0 Å². The molecule has 1 aromatic rings. The Morgan fingerprint density at radius 1 is 1.24 bits per heavy atom. The summed E-state index contributed by atoms with van der Waals surface area (Å²) in [6.07, 6.45) is 2.60. The number of benzene rings is 1. The van der Waals surface area contributed by atoms with E-state index in [1.165, 1.54) is 22.3 Å². The molecule has 0 spiro atoms. The third-order valence-electron chi connectivity index (χ3n) is 3.26. The van der Waals surface area contributed by atoms with Crippen LogP contribution in [0.1, 0.15) is 28.7 Å². The van der Waals surface area contributed by atoms with Crippen LogP contribution in [-0.2, 0) is 15.9 Å². The van der Waals surface area contributed by atoms with Crippen molar-refractivity contribution in [3.05, 3.63) is 34.4 Å². The van der Waals surface area contributed by atoms with E-state index < -0.39 is 0 Å². The summed E-state index contributed by atoms with van der Waals surface area (Å²) >= 11 is 0. The van der Waals surface area contributed by atoms with Gasteiger partial charge in [-0.2, -0.15) is 0 Å². The van der Waals surface area contributed by atoms with Crippen LogP contribution < -0.4 is 0 Å². The number of ether oxygens (including phenoxy) is 2. The number of hydrogen-bond acceptors (Lipinski definition) is 2. The Morgan fingerprint density at radius 2 is 1.88 bits per heavy atom. The highest BCUT2D eigenvalue weighted by atomic mass is 16.6. The molecule has 94 valence electrons. The third kappa shape index (κ3) is 3.83. The molecule has 0 aliphatic carbocycles. The van der Waals surface area contributed by atoms with E-state index in [2.05, 4.69) is 32.9 Å². The number of rotatable bonds is 6. The Morgan fingerprint density at radius 3 is 2.47 bits per heavy atom. The molecule has 0 radical (unpaired) electrons. The van der Waals surface area contributed by atoms with E-state index in [9.17, 15) is 0 Å². The maximum absolute atomic E-state index is 5.56. The Balaban J connectivity index is 1.77.